The van der Waals surface area contributed by atoms with Crippen LogP contribution in [0.2, 0.25) is 0 Å². The van der Waals surface area contributed by atoms with Gasteiger partial charge in [-0.05, 0) is 50.2 Å². The summed E-state index contributed by atoms with van der Waals surface area (Å²) in [7, 11) is -3.59. The molecule has 0 bridgehead atoms. The van der Waals surface area contributed by atoms with Crippen molar-refractivity contribution in [2.45, 2.75) is 31.0 Å². The van der Waals surface area contributed by atoms with E-state index in [4.69, 9.17) is 9.15 Å². The van der Waals surface area contributed by atoms with Crippen LogP contribution in [0.4, 0.5) is 5.69 Å². The summed E-state index contributed by atoms with van der Waals surface area (Å²) in [4.78, 5) is 12.6. The highest BCUT2D eigenvalue weighted by atomic mass is 32.2. The van der Waals surface area contributed by atoms with Crippen LogP contribution in [0.15, 0.2) is 63.9 Å². The first-order chi connectivity index (χ1) is 14.3. The van der Waals surface area contributed by atoms with Crippen LogP contribution in [0.5, 0.6) is 0 Å². The summed E-state index contributed by atoms with van der Waals surface area (Å²) in [5.41, 5.74) is 1.32. The third-order valence-electron chi connectivity index (χ3n) is 5.03. The second-order valence-electron chi connectivity index (χ2n) is 7.53. The van der Waals surface area contributed by atoms with Crippen molar-refractivity contribution in [2.24, 2.45) is 0 Å². The number of para-hydroxylation sites is 1. The molecule has 0 saturated carbocycles. The Morgan fingerprint density at radius 2 is 1.73 bits per heavy atom. The summed E-state index contributed by atoms with van der Waals surface area (Å²) in [5, 5.41) is 3.90. The van der Waals surface area contributed by atoms with E-state index >= 15 is 0 Å². The monoisotopic (exact) mass is 428 g/mol. The lowest BCUT2D eigenvalue weighted by atomic mass is 10.2. The standard InChI is InChI=1S/C22H24N2O5S/c1-15-13-24(14-16(2)28-15)30(26,27)19-9-7-18(8-10-19)23-12-20(25)22-11-17-5-3-4-6-21(17)29-22/h3-11,15-16,23H,12-14H2,1-2H3. The van der Waals surface area contributed by atoms with Crippen molar-refractivity contribution in [3.05, 3.63) is 60.4 Å². The van der Waals surface area contributed by atoms with Crippen LogP contribution in [0, 0.1) is 0 Å². The number of fused-ring (bicyclic) bond motifs is 1. The van der Waals surface area contributed by atoms with Gasteiger partial charge in [-0.1, -0.05) is 18.2 Å². The molecule has 2 atom stereocenters. The van der Waals surface area contributed by atoms with Gasteiger partial charge in [-0.3, -0.25) is 4.79 Å². The fourth-order valence-electron chi connectivity index (χ4n) is 3.61. The van der Waals surface area contributed by atoms with Crippen molar-refractivity contribution in [2.75, 3.05) is 25.0 Å². The molecule has 1 aliphatic rings. The molecule has 1 fully saturated rings. The number of rotatable bonds is 6. The van der Waals surface area contributed by atoms with E-state index in [-0.39, 0.29) is 29.4 Å². The van der Waals surface area contributed by atoms with Crippen LogP contribution >= 0.6 is 0 Å². The molecule has 0 amide bonds. The summed E-state index contributed by atoms with van der Waals surface area (Å²) >= 11 is 0. The van der Waals surface area contributed by atoms with Gasteiger partial charge in [-0.25, -0.2) is 8.42 Å². The second-order valence-corrected chi connectivity index (χ2v) is 9.47. The highest BCUT2D eigenvalue weighted by Gasteiger charge is 2.32. The van der Waals surface area contributed by atoms with Crippen molar-refractivity contribution in [3.63, 3.8) is 0 Å². The van der Waals surface area contributed by atoms with Crippen molar-refractivity contribution in [3.8, 4) is 0 Å². The average molecular weight is 429 g/mol. The topological polar surface area (TPSA) is 88.9 Å². The van der Waals surface area contributed by atoms with E-state index in [0.717, 1.165) is 5.39 Å². The summed E-state index contributed by atoms with van der Waals surface area (Å²) in [5.74, 6) is 0.109. The minimum Gasteiger partial charge on any atom is -0.453 e. The molecule has 1 aromatic heterocycles. The molecule has 1 N–H and O–H groups in total. The van der Waals surface area contributed by atoms with E-state index in [2.05, 4.69) is 5.32 Å². The Morgan fingerprint density at radius 3 is 2.40 bits per heavy atom. The maximum atomic E-state index is 12.9. The zero-order valence-corrected chi connectivity index (χ0v) is 17.7. The quantitative estimate of drug-likeness (QED) is 0.604. The molecular weight excluding hydrogens is 404 g/mol. The van der Waals surface area contributed by atoms with Gasteiger partial charge in [0.15, 0.2) is 5.76 Å². The molecule has 1 saturated heterocycles. The highest BCUT2D eigenvalue weighted by Crippen LogP contribution is 2.23. The van der Waals surface area contributed by atoms with Gasteiger partial charge in [0.2, 0.25) is 15.8 Å². The maximum Gasteiger partial charge on any atom is 0.243 e. The van der Waals surface area contributed by atoms with E-state index in [1.807, 2.05) is 38.1 Å². The molecule has 158 valence electrons. The van der Waals surface area contributed by atoms with Gasteiger partial charge in [0.25, 0.3) is 0 Å². The summed E-state index contributed by atoms with van der Waals surface area (Å²) in [6.45, 7) is 4.44. The number of benzene rings is 2. The van der Waals surface area contributed by atoms with Crippen molar-refractivity contribution in [1.82, 2.24) is 4.31 Å². The van der Waals surface area contributed by atoms with Crippen molar-refractivity contribution >= 4 is 32.5 Å². The summed E-state index contributed by atoms with van der Waals surface area (Å²) < 4.78 is 38.5. The van der Waals surface area contributed by atoms with Gasteiger partial charge in [-0.2, -0.15) is 4.31 Å². The van der Waals surface area contributed by atoms with Gasteiger partial charge in [0.1, 0.15) is 5.58 Å². The summed E-state index contributed by atoms with van der Waals surface area (Å²) in [6.07, 6.45) is -0.289. The molecule has 0 radical (unpaired) electrons. The Balaban J connectivity index is 1.41. The number of sulfonamides is 1. The fourth-order valence-corrected chi connectivity index (χ4v) is 5.20. The average Bonchev–Trinajstić information content (AvgIpc) is 3.16. The molecule has 7 nitrogen and oxygen atoms in total. The van der Waals surface area contributed by atoms with Gasteiger partial charge >= 0.3 is 0 Å². The number of nitrogens with zero attached hydrogens (tertiary/aromatic N) is 1. The number of ketones is 1. The Bertz CT molecular complexity index is 1110. The minimum absolute atomic E-state index is 0.0460. The van der Waals surface area contributed by atoms with Crippen LogP contribution in [-0.4, -0.2) is 50.3 Å². The number of carbonyl (C=O) groups excluding carboxylic acids is 1. The Hall–Kier alpha value is -2.68. The highest BCUT2D eigenvalue weighted by molar-refractivity contribution is 7.89. The molecule has 8 heteroatoms. The second kappa shape index (κ2) is 8.22. The molecule has 30 heavy (non-hydrogen) atoms. The Labute approximate surface area is 175 Å². The first-order valence-electron chi connectivity index (χ1n) is 9.84. The smallest absolute Gasteiger partial charge is 0.243 e. The Kier molecular flexibility index (Phi) is 5.64. The van der Waals surface area contributed by atoms with Gasteiger partial charge in [0.05, 0.1) is 23.6 Å². The lowest BCUT2D eigenvalue weighted by molar-refractivity contribution is -0.0440. The Morgan fingerprint density at radius 1 is 1.07 bits per heavy atom. The van der Waals surface area contributed by atoms with E-state index in [9.17, 15) is 13.2 Å². The first kappa shape index (κ1) is 20.6. The third kappa shape index (κ3) is 4.26. The van der Waals surface area contributed by atoms with Gasteiger partial charge < -0.3 is 14.5 Å². The van der Waals surface area contributed by atoms with Gasteiger partial charge in [-0.15, -0.1) is 0 Å². The number of hydrogen-bond acceptors (Lipinski definition) is 6. The van der Waals surface area contributed by atoms with Crippen molar-refractivity contribution in [1.29, 1.82) is 0 Å². The van der Waals surface area contributed by atoms with E-state index in [1.54, 1.807) is 30.3 Å². The number of hydrogen-bond donors (Lipinski definition) is 1. The molecular formula is C22H24N2O5S. The first-order valence-corrected chi connectivity index (χ1v) is 11.3. The van der Waals surface area contributed by atoms with E-state index < -0.39 is 10.0 Å². The predicted molar refractivity (Wildman–Crippen MR) is 114 cm³/mol. The van der Waals surface area contributed by atoms with E-state index in [0.29, 0.717) is 30.1 Å². The number of Topliss-reactive ketones (excluding diaryl/α,β-unsaturated/α-hetero) is 1. The van der Waals surface area contributed by atoms with E-state index in [1.165, 1.54) is 4.31 Å². The molecule has 0 aliphatic carbocycles. The normalized spacial score (nSPS) is 20.3. The molecule has 3 aromatic rings. The predicted octanol–water partition coefficient (Wildman–Crippen LogP) is 3.53. The molecule has 0 spiro atoms. The van der Waals surface area contributed by atoms with Crippen molar-refractivity contribution < 1.29 is 22.4 Å². The van der Waals surface area contributed by atoms with Crippen LogP contribution in [-0.2, 0) is 14.8 Å². The number of morpholine rings is 1. The number of furan rings is 1. The SMILES string of the molecule is CC1CN(S(=O)(=O)c2ccc(NCC(=O)c3cc4ccccc4o3)cc2)CC(C)O1. The number of carbonyl (C=O) groups is 1. The zero-order valence-electron chi connectivity index (χ0n) is 16.9. The molecule has 2 heterocycles. The van der Waals surface area contributed by atoms with Crippen LogP contribution in [0.3, 0.4) is 0 Å². The number of anilines is 1. The number of ether oxygens (including phenoxy) is 1. The zero-order chi connectivity index (χ0) is 21.3. The summed E-state index contributed by atoms with van der Waals surface area (Å²) in [6, 6.07) is 15.6. The largest absolute Gasteiger partial charge is 0.453 e. The lowest BCUT2D eigenvalue weighted by Gasteiger charge is -2.34. The molecule has 1 aliphatic heterocycles. The third-order valence-corrected chi connectivity index (χ3v) is 6.88. The van der Waals surface area contributed by atoms with Gasteiger partial charge in [0, 0.05) is 24.2 Å². The molecule has 2 unspecified atom stereocenters. The van der Waals surface area contributed by atoms with Crippen LogP contribution < -0.4 is 5.32 Å². The minimum atomic E-state index is -3.59. The maximum absolute atomic E-state index is 12.9. The lowest BCUT2D eigenvalue weighted by Crippen LogP contribution is -2.48. The number of nitrogens with one attached hydrogen (secondary N) is 1. The molecule has 4 rings (SSSR count). The fraction of sp³-hybridized carbons (Fsp3) is 0.318. The molecule has 2 aromatic carbocycles. The van der Waals surface area contributed by atoms with Crippen LogP contribution in [0.25, 0.3) is 11.0 Å². The van der Waals surface area contributed by atoms with Crippen LogP contribution in [0.1, 0.15) is 24.4 Å².